The summed E-state index contributed by atoms with van der Waals surface area (Å²) in [6, 6.07) is 0. The number of hydrogen-bond donors (Lipinski definition) is 4. The van der Waals surface area contributed by atoms with Gasteiger partial charge < -0.3 is 20.4 Å². The zero-order valence-electron chi connectivity index (χ0n) is 23.7. The molecule has 36 heavy (non-hydrogen) atoms. The van der Waals surface area contributed by atoms with Crippen molar-refractivity contribution in [2.24, 2.45) is 23.2 Å². The Balaban J connectivity index is 1.77. The molecule has 0 amide bonds. The lowest BCUT2D eigenvalue weighted by atomic mass is 9.60. The number of aliphatic hydroxyl groups excluding tert-OH is 2. The molecule has 0 unspecified atom stereocenters. The standard InChI is InChI=1S/C32H54O4/c1-22-25(20-26(33)21-29(22)34)14-13-24-12-9-19-32(6)27(15-16-28(24)32)23(10-7-17-30(2,3)35)11-8-18-31(4,5)36/h13-14,23,26-29,33-36H,1,7-12,15-21H2,2-6H3/b24-13+,25-14+/t26-,27-,28+,29+,32-/m1/s1. The van der Waals surface area contributed by atoms with E-state index in [0.29, 0.717) is 36.0 Å². The Hall–Kier alpha value is -0.940. The number of fused-ring (bicyclic) bond motifs is 1. The summed E-state index contributed by atoms with van der Waals surface area (Å²) in [5.41, 5.74) is 2.36. The fourth-order valence-corrected chi connectivity index (χ4v) is 7.66. The predicted octanol–water partition coefficient (Wildman–Crippen LogP) is 6.63. The van der Waals surface area contributed by atoms with Gasteiger partial charge in [0.1, 0.15) is 0 Å². The van der Waals surface area contributed by atoms with Crippen LogP contribution in [0.15, 0.2) is 35.5 Å². The number of rotatable bonds is 10. The van der Waals surface area contributed by atoms with Crippen LogP contribution in [0.3, 0.4) is 0 Å². The van der Waals surface area contributed by atoms with Gasteiger partial charge in [-0.25, -0.2) is 0 Å². The molecule has 3 fully saturated rings. The van der Waals surface area contributed by atoms with Crippen LogP contribution in [0.1, 0.15) is 118 Å². The molecule has 3 saturated carbocycles. The molecule has 0 aliphatic heterocycles. The van der Waals surface area contributed by atoms with Gasteiger partial charge in [0.2, 0.25) is 0 Å². The molecule has 5 atom stereocenters. The van der Waals surface area contributed by atoms with Crippen LogP contribution < -0.4 is 0 Å². The van der Waals surface area contributed by atoms with Crippen molar-refractivity contribution in [2.75, 3.05) is 0 Å². The molecule has 206 valence electrons. The van der Waals surface area contributed by atoms with Gasteiger partial charge in [0.25, 0.3) is 0 Å². The van der Waals surface area contributed by atoms with Crippen LogP contribution in [-0.4, -0.2) is 43.8 Å². The molecule has 0 radical (unpaired) electrons. The topological polar surface area (TPSA) is 80.9 Å². The minimum absolute atomic E-state index is 0.291. The Morgan fingerprint density at radius 3 is 2.19 bits per heavy atom. The molecule has 3 aliphatic carbocycles. The van der Waals surface area contributed by atoms with Crippen LogP contribution in [0, 0.1) is 23.2 Å². The maximum Gasteiger partial charge on any atom is 0.0811 e. The highest BCUT2D eigenvalue weighted by atomic mass is 16.3. The molecule has 4 heteroatoms. The third kappa shape index (κ3) is 7.79. The van der Waals surface area contributed by atoms with E-state index >= 15 is 0 Å². The quantitative estimate of drug-likeness (QED) is 0.270. The predicted molar refractivity (Wildman–Crippen MR) is 149 cm³/mol. The van der Waals surface area contributed by atoms with Gasteiger partial charge in [-0.2, -0.15) is 0 Å². The summed E-state index contributed by atoms with van der Waals surface area (Å²) < 4.78 is 0. The van der Waals surface area contributed by atoms with Crippen LogP contribution >= 0.6 is 0 Å². The van der Waals surface area contributed by atoms with Gasteiger partial charge in [-0.1, -0.05) is 56.9 Å². The third-order valence-electron chi connectivity index (χ3n) is 9.60. The molecule has 0 aromatic heterocycles. The van der Waals surface area contributed by atoms with Crippen LogP contribution in [0.4, 0.5) is 0 Å². The molecule has 0 spiro atoms. The zero-order valence-corrected chi connectivity index (χ0v) is 23.7. The van der Waals surface area contributed by atoms with E-state index in [2.05, 4.69) is 25.7 Å². The van der Waals surface area contributed by atoms with Crippen LogP contribution in [0.5, 0.6) is 0 Å². The Kier molecular flexibility index (Phi) is 9.74. The fourth-order valence-electron chi connectivity index (χ4n) is 7.66. The first kappa shape index (κ1) is 29.6. The summed E-state index contributed by atoms with van der Waals surface area (Å²) in [5.74, 6) is 1.90. The highest BCUT2D eigenvalue weighted by Crippen LogP contribution is 2.60. The summed E-state index contributed by atoms with van der Waals surface area (Å²) >= 11 is 0. The lowest BCUT2D eigenvalue weighted by Gasteiger charge is -2.45. The van der Waals surface area contributed by atoms with E-state index in [4.69, 9.17) is 0 Å². The fraction of sp³-hybridized carbons (Fsp3) is 0.812. The van der Waals surface area contributed by atoms with E-state index < -0.39 is 23.4 Å². The highest BCUT2D eigenvalue weighted by molar-refractivity contribution is 5.38. The van der Waals surface area contributed by atoms with E-state index in [1.807, 2.05) is 27.7 Å². The highest BCUT2D eigenvalue weighted by Gasteiger charge is 2.51. The van der Waals surface area contributed by atoms with E-state index in [1.54, 1.807) is 0 Å². The Morgan fingerprint density at radius 2 is 1.61 bits per heavy atom. The van der Waals surface area contributed by atoms with Crippen molar-refractivity contribution < 1.29 is 20.4 Å². The second kappa shape index (κ2) is 11.8. The molecular weight excluding hydrogens is 448 g/mol. The van der Waals surface area contributed by atoms with E-state index in [1.165, 1.54) is 31.3 Å². The largest absolute Gasteiger partial charge is 0.393 e. The molecule has 3 rings (SSSR count). The molecule has 0 saturated heterocycles. The maximum absolute atomic E-state index is 10.3. The van der Waals surface area contributed by atoms with E-state index in [9.17, 15) is 20.4 Å². The normalized spacial score (nSPS) is 34.1. The van der Waals surface area contributed by atoms with Crippen molar-refractivity contribution in [3.63, 3.8) is 0 Å². The Morgan fingerprint density at radius 1 is 1.00 bits per heavy atom. The molecule has 0 aromatic rings. The summed E-state index contributed by atoms with van der Waals surface area (Å²) in [7, 11) is 0. The lowest BCUT2D eigenvalue weighted by Crippen LogP contribution is -2.37. The van der Waals surface area contributed by atoms with Crippen molar-refractivity contribution >= 4 is 0 Å². The van der Waals surface area contributed by atoms with E-state index in [0.717, 1.165) is 56.1 Å². The van der Waals surface area contributed by atoms with Crippen LogP contribution in [0.25, 0.3) is 0 Å². The molecule has 0 heterocycles. The first-order chi connectivity index (χ1) is 16.7. The monoisotopic (exact) mass is 502 g/mol. The van der Waals surface area contributed by atoms with Gasteiger partial charge >= 0.3 is 0 Å². The van der Waals surface area contributed by atoms with Gasteiger partial charge in [-0.15, -0.1) is 0 Å². The lowest BCUT2D eigenvalue weighted by molar-refractivity contribution is 0.0480. The number of allylic oxidation sites excluding steroid dienone is 3. The minimum atomic E-state index is -0.639. The summed E-state index contributed by atoms with van der Waals surface area (Å²) in [6.07, 6.45) is 16.5. The first-order valence-electron chi connectivity index (χ1n) is 14.6. The Labute approximate surface area is 220 Å². The second-order valence-corrected chi connectivity index (χ2v) is 13.8. The van der Waals surface area contributed by atoms with Crippen molar-refractivity contribution in [3.05, 3.63) is 35.5 Å². The van der Waals surface area contributed by atoms with Crippen molar-refractivity contribution in [1.29, 1.82) is 0 Å². The SMILES string of the molecule is C=C1/C(=C/C=C2\CCC[C@]3(C)[C@@H](C(CCCC(C)(C)O)CCCC(C)(C)O)CC[C@@H]23)C[C@@H](O)C[C@@H]1O. The number of aliphatic hydroxyl groups is 4. The van der Waals surface area contributed by atoms with Gasteiger partial charge in [0.05, 0.1) is 23.4 Å². The molecule has 0 bridgehead atoms. The van der Waals surface area contributed by atoms with Gasteiger partial charge in [-0.3, -0.25) is 0 Å². The average molecular weight is 503 g/mol. The average Bonchev–Trinajstić information content (AvgIpc) is 3.10. The molecule has 0 aromatic carbocycles. The smallest absolute Gasteiger partial charge is 0.0811 e. The van der Waals surface area contributed by atoms with Gasteiger partial charge in [0.15, 0.2) is 0 Å². The van der Waals surface area contributed by atoms with Crippen LogP contribution in [0.2, 0.25) is 0 Å². The molecular formula is C32H54O4. The van der Waals surface area contributed by atoms with Crippen LogP contribution in [-0.2, 0) is 0 Å². The molecule has 4 nitrogen and oxygen atoms in total. The summed E-state index contributed by atoms with van der Waals surface area (Å²) in [5, 5.41) is 40.9. The maximum atomic E-state index is 10.3. The third-order valence-corrected chi connectivity index (χ3v) is 9.60. The molecule has 3 aliphatic rings. The Bertz CT molecular complexity index is 791. The summed E-state index contributed by atoms with van der Waals surface area (Å²) in [4.78, 5) is 0. The van der Waals surface area contributed by atoms with E-state index in [-0.39, 0.29) is 0 Å². The second-order valence-electron chi connectivity index (χ2n) is 13.8. The van der Waals surface area contributed by atoms with Crippen molar-refractivity contribution in [2.45, 2.75) is 141 Å². The van der Waals surface area contributed by atoms with Gasteiger partial charge in [0, 0.05) is 6.42 Å². The minimum Gasteiger partial charge on any atom is -0.393 e. The zero-order chi connectivity index (χ0) is 26.7. The number of hydrogen-bond acceptors (Lipinski definition) is 4. The van der Waals surface area contributed by atoms with Gasteiger partial charge in [-0.05, 0) is 113 Å². The van der Waals surface area contributed by atoms with Crippen molar-refractivity contribution in [3.8, 4) is 0 Å². The first-order valence-corrected chi connectivity index (χ1v) is 14.6. The summed E-state index contributed by atoms with van der Waals surface area (Å²) in [6.45, 7) is 14.3. The van der Waals surface area contributed by atoms with Crippen molar-refractivity contribution in [1.82, 2.24) is 0 Å². The molecule has 4 N–H and O–H groups in total.